The number of benzene rings is 2. The molecule has 3 rings (SSSR count). The minimum Gasteiger partial charge on any atom is -0.482 e. The van der Waals surface area contributed by atoms with Gasteiger partial charge in [-0.15, -0.1) is 0 Å². The summed E-state index contributed by atoms with van der Waals surface area (Å²) in [5.41, 5.74) is 0.673. The van der Waals surface area contributed by atoms with Gasteiger partial charge in [0.05, 0.1) is 17.6 Å². The molecule has 29 heavy (non-hydrogen) atoms. The van der Waals surface area contributed by atoms with Crippen molar-refractivity contribution in [3.05, 3.63) is 52.5 Å². The van der Waals surface area contributed by atoms with E-state index in [0.29, 0.717) is 15.9 Å². The van der Waals surface area contributed by atoms with Gasteiger partial charge in [-0.3, -0.25) is 4.79 Å². The standard InChI is InChI=1S/C19H19BrN2O6S/c1-27-18(23)11-28-14-6-4-12(5-7-14)21-19(24)16-10-15(8-9-17(16)20)29(25,26)22-13-2-3-13/h4-10,13,22H,2-3,11H2,1H3,(H,21,24). The maximum absolute atomic E-state index is 12.6. The second-order valence-electron chi connectivity index (χ2n) is 6.38. The summed E-state index contributed by atoms with van der Waals surface area (Å²) in [5.74, 6) is -0.532. The minimum absolute atomic E-state index is 0.0270. The van der Waals surface area contributed by atoms with Gasteiger partial charge in [-0.2, -0.15) is 0 Å². The van der Waals surface area contributed by atoms with Crippen LogP contribution in [0.15, 0.2) is 51.8 Å². The van der Waals surface area contributed by atoms with Gasteiger partial charge in [0.25, 0.3) is 5.91 Å². The van der Waals surface area contributed by atoms with Crippen molar-refractivity contribution in [3.63, 3.8) is 0 Å². The fraction of sp³-hybridized carbons (Fsp3) is 0.263. The predicted octanol–water partition coefficient (Wildman–Crippen LogP) is 2.69. The van der Waals surface area contributed by atoms with Gasteiger partial charge >= 0.3 is 5.97 Å². The highest BCUT2D eigenvalue weighted by atomic mass is 79.9. The van der Waals surface area contributed by atoms with Crippen LogP contribution < -0.4 is 14.8 Å². The Balaban J connectivity index is 1.70. The van der Waals surface area contributed by atoms with E-state index in [1.807, 2.05) is 0 Å². The summed E-state index contributed by atoms with van der Waals surface area (Å²) in [4.78, 5) is 23.8. The highest BCUT2D eigenvalue weighted by Crippen LogP contribution is 2.26. The Hall–Kier alpha value is -2.43. The van der Waals surface area contributed by atoms with Gasteiger partial charge in [0.2, 0.25) is 10.0 Å². The third kappa shape index (κ3) is 5.78. The Bertz CT molecular complexity index is 1020. The Morgan fingerprint density at radius 1 is 1.14 bits per heavy atom. The number of hydrogen-bond donors (Lipinski definition) is 2. The lowest BCUT2D eigenvalue weighted by Crippen LogP contribution is -2.26. The first kappa shape index (κ1) is 21.3. The fourth-order valence-corrected chi connectivity index (χ4v) is 4.13. The third-order valence-corrected chi connectivity index (χ3v) is 6.30. The second-order valence-corrected chi connectivity index (χ2v) is 8.95. The van der Waals surface area contributed by atoms with E-state index in [0.717, 1.165) is 12.8 Å². The number of carbonyl (C=O) groups excluding carboxylic acids is 2. The predicted molar refractivity (Wildman–Crippen MR) is 109 cm³/mol. The number of sulfonamides is 1. The van der Waals surface area contributed by atoms with Crippen molar-refractivity contribution in [2.45, 2.75) is 23.8 Å². The van der Waals surface area contributed by atoms with Crippen LogP contribution in [0.4, 0.5) is 5.69 Å². The lowest BCUT2D eigenvalue weighted by atomic mass is 10.2. The molecule has 1 saturated carbocycles. The molecule has 1 fully saturated rings. The van der Waals surface area contributed by atoms with Crippen LogP contribution in [0, 0.1) is 0 Å². The molecule has 0 spiro atoms. The molecule has 1 amide bonds. The van der Waals surface area contributed by atoms with Crippen molar-refractivity contribution in [2.75, 3.05) is 19.0 Å². The number of halogens is 1. The molecule has 0 aliphatic heterocycles. The molecule has 0 aromatic heterocycles. The molecular weight excluding hydrogens is 464 g/mol. The van der Waals surface area contributed by atoms with E-state index in [9.17, 15) is 18.0 Å². The van der Waals surface area contributed by atoms with E-state index in [-0.39, 0.29) is 23.1 Å². The highest BCUT2D eigenvalue weighted by Gasteiger charge is 2.28. The van der Waals surface area contributed by atoms with Crippen LogP contribution in [0.1, 0.15) is 23.2 Å². The molecule has 2 aromatic carbocycles. The van der Waals surface area contributed by atoms with Crippen molar-refractivity contribution < 1.29 is 27.5 Å². The SMILES string of the molecule is COC(=O)COc1ccc(NC(=O)c2cc(S(=O)(=O)NC3CC3)ccc2Br)cc1. The minimum atomic E-state index is -3.67. The fourth-order valence-electron chi connectivity index (χ4n) is 2.37. The Morgan fingerprint density at radius 3 is 2.45 bits per heavy atom. The monoisotopic (exact) mass is 482 g/mol. The highest BCUT2D eigenvalue weighted by molar-refractivity contribution is 9.10. The van der Waals surface area contributed by atoms with E-state index in [1.54, 1.807) is 24.3 Å². The zero-order valence-electron chi connectivity index (χ0n) is 15.5. The molecule has 8 nitrogen and oxygen atoms in total. The zero-order valence-corrected chi connectivity index (χ0v) is 17.9. The smallest absolute Gasteiger partial charge is 0.343 e. The lowest BCUT2D eigenvalue weighted by molar-refractivity contribution is -0.142. The van der Waals surface area contributed by atoms with Gasteiger partial charge in [-0.05, 0) is 71.2 Å². The summed E-state index contributed by atoms with van der Waals surface area (Å²) in [6.07, 6.45) is 1.64. The molecule has 0 unspecified atom stereocenters. The maximum atomic E-state index is 12.6. The summed E-state index contributed by atoms with van der Waals surface area (Å²) in [5, 5.41) is 2.70. The molecule has 1 aliphatic rings. The molecule has 10 heteroatoms. The Labute approximate surface area is 176 Å². The number of hydrogen-bond acceptors (Lipinski definition) is 6. The Kier molecular flexibility index (Phi) is 6.56. The molecule has 0 heterocycles. The molecule has 2 aromatic rings. The first-order valence-electron chi connectivity index (χ1n) is 8.71. The van der Waals surface area contributed by atoms with Crippen LogP contribution in [-0.4, -0.2) is 40.1 Å². The van der Waals surface area contributed by atoms with Gasteiger partial charge in [-0.25, -0.2) is 17.9 Å². The average molecular weight is 483 g/mol. The lowest BCUT2D eigenvalue weighted by Gasteiger charge is -2.11. The van der Waals surface area contributed by atoms with Gasteiger partial charge in [-0.1, -0.05) is 0 Å². The summed E-state index contributed by atoms with van der Waals surface area (Å²) in [6, 6.07) is 10.7. The number of ether oxygens (including phenoxy) is 2. The number of carbonyl (C=O) groups is 2. The van der Waals surface area contributed by atoms with Gasteiger partial charge in [0, 0.05) is 16.2 Å². The second kappa shape index (κ2) is 8.93. The molecule has 0 atom stereocenters. The van der Waals surface area contributed by atoms with E-state index in [2.05, 4.69) is 30.7 Å². The van der Waals surface area contributed by atoms with Crippen molar-refractivity contribution in [1.29, 1.82) is 0 Å². The van der Waals surface area contributed by atoms with Crippen LogP contribution in [0.5, 0.6) is 5.75 Å². The van der Waals surface area contributed by atoms with Crippen LogP contribution in [-0.2, 0) is 19.6 Å². The van der Waals surface area contributed by atoms with E-state index in [1.165, 1.54) is 25.3 Å². The summed E-state index contributed by atoms with van der Waals surface area (Å²) in [7, 11) is -2.40. The van der Waals surface area contributed by atoms with Crippen LogP contribution in [0.2, 0.25) is 0 Å². The van der Waals surface area contributed by atoms with Crippen molar-refractivity contribution in [3.8, 4) is 5.75 Å². The summed E-state index contributed by atoms with van der Waals surface area (Å²) in [6.45, 7) is -0.217. The number of esters is 1. The third-order valence-electron chi connectivity index (χ3n) is 4.09. The van der Waals surface area contributed by atoms with E-state index >= 15 is 0 Å². The molecule has 0 radical (unpaired) electrons. The molecular formula is C19H19BrN2O6S. The molecule has 2 N–H and O–H groups in total. The van der Waals surface area contributed by atoms with Gasteiger partial charge < -0.3 is 14.8 Å². The normalized spacial score (nSPS) is 13.6. The summed E-state index contributed by atoms with van der Waals surface area (Å²) < 4.78 is 37.6. The number of anilines is 1. The first-order chi connectivity index (χ1) is 13.8. The molecule has 154 valence electrons. The van der Waals surface area contributed by atoms with Gasteiger partial charge in [0.15, 0.2) is 6.61 Å². The molecule has 1 aliphatic carbocycles. The molecule has 0 saturated heterocycles. The maximum Gasteiger partial charge on any atom is 0.343 e. The molecule has 0 bridgehead atoms. The number of nitrogens with one attached hydrogen (secondary N) is 2. The number of amides is 1. The van der Waals surface area contributed by atoms with Crippen molar-refractivity contribution >= 4 is 43.5 Å². The number of rotatable bonds is 8. The Morgan fingerprint density at radius 2 is 1.83 bits per heavy atom. The van der Waals surface area contributed by atoms with Crippen LogP contribution in [0.25, 0.3) is 0 Å². The van der Waals surface area contributed by atoms with Gasteiger partial charge in [0.1, 0.15) is 5.75 Å². The van der Waals surface area contributed by atoms with Crippen LogP contribution in [0.3, 0.4) is 0 Å². The van der Waals surface area contributed by atoms with Crippen LogP contribution >= 0.6 is 15.9 Å². The number of methoxy groups -OCH3 is 1. The summed E-state index contributed by atoms with van der Waals surface area (Å²) >= 11 is 3.29. The van der Waals surface area contributed by atoms with Crippen molar-refractivity contribution in [2.24, 2.45) is 0 Å². The van der Waals surface area contributed by atoms with E-state index < -0.39 is 21.9 Å². The van der Waals surface area contributed by atoms with E-state index in [4.69, 9.17) is 4.74 Å². The first-order valence-corrected chi connectivity index (χ1v) is 11.0. The van der Waals surface area contributed by atoms with Crippen molar-refractivity contribution in [1.82, 2.24) is 4.72 Å². The largest absolute Gasteiger partial charge is 0.482 e. The zero-order chi connectivity index (χ0) is 21.0. The topological polar surface area (TPSA) is 111 Å². The average Bonchev–Trinajstić information content (AvgIpc) is 3.50. The quantitative estimate of drug-likeness (QED) is 0.559.